The Bertz CT molecular complexity index is 412. The SMILES string of the molecule is CC(C)(CO)CNC(=O)/C=C/c1ccc(Cl)s1. The molecule has 1 aromatic heterocycles. The monoisotopic (exact) mass is 273 g/mol. The predicted octanol–water partition coefficient (Wildman–Crippen LogP) is 2.55. The lowest BCUT2D eigenvalue weighted by Gasteiger charge is -2.21. The molecule has 1 aromatic rings. The van der Waals surface area contributed by atoms with Gasteiger partial charge in [0.2, 0.25) is 5.91 Å². The number of halogens is 1. The van der Waals surface area contributed by atoms with E-state index in [4.69, 9.17) is 16.7 Å². The molecule has 0 unspecified atom stereocenters. The average molecular weight is 274 g/mol. The van der Waals surface area contributed by atoms with Crippen molar-refractivity contribution in [1.82, 2.24) is 5.32 Å². The van der Waals surface area contributed by atoms with Gasteiger partial charge in [-0.25, -0.2) is 0 Å². The number of thiophene rings is 1. The number of amides is 1. The zero-order valence-electron chi connectivity index (χ0n) is 9.87. The molecule has 0 aliphatic rings. The molecule has 0 saturated carbocycles. The third-order valence-corrected chi connectivity index (χ3v) is 3.36. The maximum absolute atomic E-state index is 11.5. The molecule has 0 aliphatic carbocycles. The molecule has 0 atom stereocenters. The number of hydrogen-bond donors (Lipinski definition) is 2. The van der Waals surface area contributed by atoms with Gasteiger partial charge in [0.15, 0.2) is 0 Å². The Balaban J connectivity index is 2.42. The smallest absolute Gasteiger partial charge is 0.244 e. The molecule has 0 aromatic carbocycles. The summed E-state index contributed by atoms with van der Waals surface area (Å²) in [5.74, 6) is -0.170. The maximum Gasteiger partial charge on any atom is 0.244 e. The Kier molecular flexibility index (Phi) is 5.18. The zero-order chi connectivity index (χ0) is 12.9. The van der Waals surface area contributed by atoms with Gasteiger partial charge in [0.05, 0.1) is 4.34 Å². The fourth-order valence-corrected chi connectivity index (χ4v) is 1.98. The molecule has 94 valence electrons. The highest BCUT2D eigenvalue weighted by atomic mass is 35.5. The minimum absolute atomic E-state index is 0.0392. The van der Waals surface area contributed by atoms with Crippen molar-refractivity contribution >= 4 is 34.9 Å². The van der Waals surface area contributed by atoms with Crippen LogP contribution in [0.4, 0.5) is 0 Å². The van der Waals surface area contributed by atoms with Crippen molar-refractivity contribution in [2.24, 2.45) is 5.41 Å². The second-order valence-corrected chi connectivity index (χ2v) is 6.26. The summed E-state index contributed by atoms with van der Waals surface area (Å²) >= 11 is 7.19. The summed E-state index contributed by atoms with van der Waals surface area (Å²) in [6.07, 6.45) is 3.19. The summed E-state index contributed by atoms with van der Waals surface area (Å²) in [5.41, 5.74) is -0.296. The van der Waals surface area contributed by atoms with Crippen molar-refractivity contribution < 1.29 is 9.90 Å². The highest BCUT2D eigenvalue weighted by Crippen LogP contribution is 2.22. The summed E-state index contributed by atoms with van der Waals surface area (Å²) in [6.45, 7) is 4.25. The highest BCUT2D eigenvalue weighted by Gasteiger charge is 2.16. The molecule has 5 heteroatoms. The number of aliphatic hydroxyl groups excluding tert-OH is 1. The first-order valence-electron chi connectivity index (χ1n) is 5.25. The first-order valence-corrected chi connectivity index (χ1v) is 6.44. The van der Waals surface area contributed by atoms with Crippen LogP contribution in [-0.2, 0) is 4.79 Å². The van der Waals surface area contributed by atoms with Crippen molar-refractivity contribution in [3.8, 4) is 0 Å². The van der Waals surface area contributed by atoms with Crippen LogP contribution in [0.25, 0.3) is 6.08 Å². The van der Waals surface area contributed by atoms with E-state index in [0.29, 0.717) is 10.9 Å². The molecule has 1 rings (SSSR count). The quantitative estimate of drug-likeness (QED) is 0.810. The number of hydrogen-bond acceptors (Lipinski definition) is 3. The molecule has 0 spiro atoms. The lowest BCUT2D eigenvalue weighted by atomic mass is 9.95. The van der Waals surface area contributed by atoms with E-state index in [0.717, 1.165) is 4.88 Å². The Hall–Kier alpha value is -0.840. The number of rotatable bonds is 5. The molecule has 3 nitrogen and oxygen atoms in total. The fourth-order valence-electron chi connectivity index (χ4n) is 1.02. The average Bonchev–Trinajstić information content (AvgIpc) is 2.70. The van der Waals surface area contributed by atoms with Crippen molar-refractivity contribution in [3.05, 3.63) is 27.4 Å². The van der Waals surface area contributed by atoms with Crippen LogP contribution < -0.4 is 5.32 Å². The minimum Gasteiger partial charge on any atom is -0.396 e. The van der Waals surface area contributed by atoms with Gasteiger partial charge in [-0.1, -0.05) is 25.4 Å². The van der Waals surface area contributed by atoms with Crippen molar-refractivity contribution in [2.45, 2.75) is 13.8 Å². The predicted molar refractivity (Wildman–Crippen MR) is 72.2 cm³/mol. The van der Waals surface area contributed by atoms with E-state index in [1.54, 1.807) is 12.1 Å². The van der Waals surface area contributed by atoms with Gasteiger partial charge in [-0.15, -0.1) is 11.3 Å². The molecule has 0 aliphatic heterocycles. The van der Waals surface area contributed by atoms with Crippen LogP contribution in [0.15, 0.2) is 18.2 Å². The van der Waals surface area contributed by atoms with Gasteiger partial charge < -0.3 is 10.4 Å². The van der Waals surface area contributed by atoms with Crippen LogP contribution >= 0.6 is 22.9 Å². The van der Waals surface area contributed by atoms with Crippen LogP contribution in [0.3, 0.4) is 0 Å². The molecule has 1 heterocycles. The first kappa shape index (κ1) is 14.2. The molecular weight excluding hydrogens is 258 g/mol. The van der Waals surface area contributed by atoms with E-state index in [1.807, 2.05) is 19.9 Å². The summed E-state index contributed by atoms with van der Waals surface area (Å²) in [7, 11) is 0. The minimum atomic E-state index is -0.296. The summed E-state index contributed by atoms with van der Waals surface area (Å²) in [5, 5.41) is 11.8. The normalized spacial score (nSPS) is 12.0. The molecule has 17 heavy (non-hydrogen) atoms. The third-order valence-electron chi connectivity index (χ3n) is 2.16. The van der Waals surface area contributed by atoms with E-state index in [9.17, 15) is 4.79 Å². The topological polar surface area (TPSA) is 49.3 Å². The number of carbonyl (C=O) groups is 1. The van der Waals surface area contributed by atoms with E-state index >= 15 is 0 Å². The van der Waals surface area contributed by atoms with Crippen LogP contribution in [0.2, 0.25) is 4.34 Å². The largest absolute Gasteiger partial charge is 0.396 e. The molecule has 0 fully saturated rings. The first-order chi connectivity index (χ1) is 7.93. The molecule has 2 N–H and O–H groups in total. The second kappa shape index (κ2) is 6.19. The number of nitrogens with one attached hydrogen (secondary N) is 1. The molecule has 0 saturated heterocycles. The molecule has 0 radical (unpaired) electrons. The Morgan fingerprint density at radius 3 is 2.82 bits per heavy atom. The van der Waals surface area contributed by atoms with Gasteiger partial charge in [-0.2, -0.15) is 0 Å². The lowest BCUT2D eigenvalue weighted by Crippen LogP contribution is -2.35. The van der Waals surface area contributed by atoms with Crippen LogP contribution in [-0.4, -0.2) is 24.2 Å². The van der Waals surface area contributed by atoms with Crippen molar-refractivity contribution in [2.75, 3.05) is 13.2 Å². The van der Waals surface area contributed by atoms with Crippen LogP contribution in [0, 0.1) is 5.41 Å². The fraction of sp³-hybridized carbons (Fsp3) is 0.417. The number of carbonyl (C=O) groups excluding carboxylic acids is 1. The van der Waals surface area contributed by atoms with E-state index in [-0.39, 0.29) is 17.9 Å². The summed E-state index contributed by atoms with van der Waals surface area (Å²) in [6, 6.07) is 3.65. The van der Waals surface area contributed by atoms with Crippen LogP contribution in [0.5, 0.6) is 0 Å². The lowest BCUT2D eigenvalue weighted by molar-refractivity contribution is -0.116. The number of aliphatic hydroxyl groups is 1. The van der Waals surface area contributed by atoms with E-state index in [1.165, 1.54) is 17.4 Å². The molecule has 1 amide bonds. The highest BCUT2D eigenvalue weighted by molar-refractivity contribution is 7.17. The zero-order valence-corrected chi connectivity index (χ0v) is 11.4. The van der Waals surface area contributed by atoms with Gasteiger partial charge in [-0.05, 0) is 18.2 Å². The van der Waals surface area contributed by atoms with Crippen molar-refractivity contribution in [3.63, 3.8) is 0 Å². The maximum atomic E-state index is 11.5. The van der Waals surface area contributed by atoms with Gasteiger partial charge in [0.1, 0.15) is 0 Å². The van der Waals surface area contributed by atoms with E-state index in [2.05, 4.69) is 5.32 Å². The third kappa shape index (κ3) is 5.35. The molecular formula is C12H16ClNO2S. The van der Waals surface area contributed by atoms with Gasteiger partial charge in [-0.3, -0.25) is 4.79 Å². The van der Waals surface area contributed by atoms with Gasteiger partial charge in [0, 0.05) is 29.5 Å². The van der Waals surface area contributed by atoms with Crippen LogP contribution in [0.1, 0.15) is 18.7 Å². The second-order valence-electron chi connectivity index (χ2n) is 4.52. The summed E-state index contributed by atoms with van der Waals surface area (Å²) in [4.78, 5) is 12.4. The van der Waals surface area contributed by atoms with E-state index < -0.39 is 0 Å². The standard InChI is InChI=1S/C12H16ClNO2S/c1-12(2,8-15)7-14-11(16)6-4-9-3-5-10(13)17-9/h3-6,15H,7-8H2,1-2H3,(H,14,16)/b6-4+. The molecule has 0 bridgehead atoms. The van der Waals surface area contributed by atoms with Gasteiger partial charge >= 0.3 is 0 Å². The Morgan fingerprint density at radius 2 is 2.29 bits per heavy atom. The van der Waals surface area contributed by atoms with Gasteiger partial charge in [0.25, 0.3) is 0 Å². The van der Waals surface area contributed by atoms with Crippen molar-refractivity contribution in [1.29, 1.82) is 0 Å². The Labute approximate surface area is 110 Å². The summed E-state index contributed by atoms with van der Waals surface area (Å²) < 4.78 is 0.700. The Morgan fingerprint density at radius 1 is 1.59 bits per heavy atom.